The minimum absolute atomic E-state index is 0.198. The molecule has 17 heavy (non-hydrogen) atoms. The minimum Gasteiger partial charge on any atom is -0.497 e. The Morgan fingerprint density at radius 2 is 2.35 bits per heavy atom. The van der Waals surface area contributed by atoms with Crippen molar-refractivity contribution in [2.24, 2.45) is 0 Å². The average molecular weight is 233 g/mol. The predicted octanol–water partition coefficient (Wildman–Crippen LogP) is 2.41. The molecule has 1 aliphatic heterocycles. The number of rotatable bonds is 4. The zero-order valence-corrected chi connectivity index (χ0v) is 10.2. The van der Waals surface area contributed by atoms with E-state index < -0.39 is 0 Å². The highest BCUT2D eigenvalue weighted by Crippen LogP contribution is 2.17. The Balaban J connectivity index is 1.98. The summed E-state index contributed by atoms with van der Waals surface area (Å²) >= 11 is 0. The number of ether oxygens (including phenoxy) is 1. The molecule has 1 fully saturated rings. The van der Waals surface area contributed by atoms with Crippen LogP contribution in [-0.2, 0) is 0 Å². The molecule has 0 amide bonds. The molecular weight excluding hydrogens is 214 g/mol. The molecule has 0 bridgehead atoms. The second-order valence-electron chi connectivity index (χ2n) is 4.51. The Morgan fingerprint density at radius 3 is 3.06 bits per heavy atom. The lowest BCUT2D eigenvalue weighted by Gasteiger charge is -2.22. The van der Waals surface area contributed by atoms with Crippen LogP contribution in [0.1, 0.15) is 36.0 Å². The number of methoxy groups -OCH3 is 1. The van der Waals surface area contributed by atoms with Gasteiger partial charge in [0, 0.05) is 18.0 Å². The van der Waals surface area contributed by atoms with Gasteiger partial charge in [0.15, 0.2) is 5.78 Å². The molecule has 0 aromatic heterocycles. The molecule has 92 valence electrons. The summed E-state index contributed by atoms with van der Waals surface area (Å²) in [5, 5.41) is 3.40. The third kappa shape index (κ3) is 3.30. The van der Waals surface area contributed by atoms with E-state index in [4.69, 9.17) is 4.74 Å². The van der Waals surface area contributed by atoms with Crippen LogP contribution < -0.4 is 10.1 Å². The van der Waals surface area contributed by atoms with Gasteiger partial charge in [0.05, 0.1) is 7.11 Å². The first-order valence-corrected chi connectivity index (χ1v) is 6.20. The zero-order valence-electron chi connectivity index (χ0n) is 10.2. The molecule has 3 heteroatoms. The quantitative estimate of drug-likeness (QED) is 0.812. The number of benzene rings is 1. The van der Waals surface area contributed by atoms with Crippen molar-refractivity contribution in [3.63, 3.8) is 0 Å². The third-order valence-electron chi connectivity index (χ3n) is 3.24. The monoisotopic (exact) mass is 233 g/mol. The highest BCUT2D eigenvalue weighted by atomic mass is 16.5. The first-order chi connectivity index (χ1) is 8.29. The standard InChI is InChI=1S/C14H19NO2/c1-17-13-7-4-5-11(9-13)14(16)10-12-6-2-3-8-15-12/h4-5,7,9,12,15H,2-3,6,8,10H2,1H3. The van der Waals surface area contributed by atoms with Gasteiger partial charge in [-0.1, -0.05) is 18.6 Å². The molecule has 3 nitrogen and oxygen atoms in total. The van der Waals surface area contributed by atoms with Crippen LogP contribution in [0.5, 0.6) is 5.75 Å². The van der Waals surface area contributed by atoms with Crippen molar-refractivity contribution in [2.45, 2.75) is 31.7 Å². The molecule has 1 N–H and O–H groups in total. The SMILES string of the molecule is COc1cccc(C(=O)CC2CCCCN2)c1. The summed E-state index contributed by atoms with van der Waals surface area (Å²) in [4.78, 5) is 12.1. The first-order valence-electron chi connectivity index (χ1n) is 6.20. The van der Waals surface area contributed by atoms with E-state index in [1.165, 1.54) is 12.8 Å². The van der Waals surface area contributed by atoms with Crippen LogP contribution in [0, 0.1) is 0 Å². The van der Waals surface area contributed by atoms with Gasteiger partial charge in [0.25, 0.3) is 0 Å². The predicted molar refractivity (Wildman–Crippen MR) is 67.6 cm³/mol. The fourth-order valence-corrected chi connectivity index (χ4v) is 2.24. The molecule has 1 unspecified atom stereocenters. The van der Waals surface area contributed by atoms with Crippen molar-refractivity contribution in [1.82, 2.24) is 5.32 Å². The van der Waals surface area contributed by atoms with E-state index in [0.29, 0.717) is 12.5 Å². The number of Topliss-reactive ketones (excluding diaryl/α,β-unsaturated/α-hetero) is 1. The second kappa shape index (κ2) is 5.82. The largest absolute Gasteiger partial charge is 0.497 e. The van der Waals surface area contributed by atoms with Crippen molar-refractivity contribution in [1.29, 1.82) is 0 Å². The topological polar surface area (TPSA) is 38.3 Å². The molecule has 1 aliphatic rings. The summed E-state index contributed by atoms with van der Waals surface area (Å²) in [7, 11) is 1.62. The fourth-order valence-electron chi connectivity index (χ4n) is 2.24. The van der Waals surface area contributed by atoms with Crippen LogP contribution >= 0.6 is 0 Å². The van der Waals surface area contributed by atoms with E-state index in [-0.39, 0.29) is 5.78 Å². The Kier molecular flexibility index (Phi) is 4.15. The number of ketones is 1. The molecule has 1 heterocycles. The van der Waals surface area contributed by atoms with Crippen LogP contribution in [0.4, 0.5) is 0 Å². The number of nitrogens with one attached hydrogen (secondary N) is 1. The summed E-state index contributed by atoms with van der Waals surface area (Å²) < 4.78 is 5.13. The number of hydrogen-bond acceptors (Lipinski definition) is 3. The maximum Gasteiger partial charge on any atom is 0.164 e. The minimum atomic E-state index is 0.198. The van der Waals surface area contributed by atoms with E-state index in [9.17, 15) is 4.79 Å². The summed E-state index contributed by atoms with van der Waals surface area (Å²) in [5.41, 5.74) is 0.747. The van der Waals surface area contributed by atoms with Crippen LogP contribution in [0.2, 0.25) is 0 Å². The highest BCUT2D eigenvalue weighted by molar-refractivity contribution is 5.96. The molecule has 1 saturated heterocycles. The van der Waals surface area contributed by atoms with Gasteiger partial charge in [-0.3, -0.25) is 4.79 Å². The highest BCUT2D eigenvalue weighted by Gasteiger charge is 2.17. The maximum atomic E-state index is 12.1. The average Bonchev–Trinajstić information content (AvgIpc) is 2.40. The molecule has 1 atom stereocenters. The Bertz CT molecular complexity index is 384. The fraction of sp³-hybridized carbons (Fsp3) is 0.500. The van der Waals surface area contributed by atoms with Crippen molar-refractivity contribution in [3.05, 3.63) is 29.8 Å². The van der Waals surface area contributed by atoms with E-state index in [1.54, 1.807) is 7.11 Å². The maximum absolute atomic E-state index is 12.1. The summed E-state index contributed by atoms with van der Waals surface area (Å²) in [6.07, 6.45) is 4.15. The van der Waals surface area contributed by atoms with Gasteiger partial charge in [0.2, 0.25) is 0 Å². The van der Waals surface area contributed by atoms with Gasteiger partial charge < -0.3 is 10.1 Å². The molecule has 2 rings (SSSR count). The van der Waals surface area contributed by atoms with Crippen LogP contribution in [0.25, 0.3) is 0 Å². The van der Waals surface area contributed by atoms with Gasteiger partial charge in [-0.15, -0.1) is 0 Å². The number of hydrogen-bond donors (Lipinski definition) is 1. The van der Waals surface area contributed by atoms with E-state index in [1.807, 2.05) is 24.3 Å². The van der Waals surface area contributed by atoms with E-state index in [0.717, 1.165) is 24.3 Å². The molecule has 0 aliphatic carbocycles. The molecule has 0 saturated carbocycles. The summed E-state index contributed by atoms with van der Waals surface area (Å²) in [6, 6.07) is 7.73. The number of carbonyl (C=O) groups is 1. The Hall–Kier alpha value is -1.35. The molecule has 0 spiro atoms. The van der Waals surface area contributed by atoms with Gasteiger partial charge in [-0.05, 0) is 31.5 Å². The van der Waals surface area contributed by atoms with Gasteiger partial charge >= 0.3 is 0 Å². The van der Waals surface area contributed by atoms with Gasteiger partial charge in [-0.25, -0.2) is 0 Å². The lowest BCUT2D eigenvalue weighted by Crippen LogP contribution is -2.35. The lowest BCUT2D eigenvalue weighted by molar-refractivity contribution is 0.0963. The van der Waals surface area contributed by atoms with E-state index in [2.05, 4.69) is 5.32 Å². The molecule has 1 aromatic rings. The van der Waals surface area contributed by atoms with Crippen LogP contribution in [-0.4, -0.2) is 25.5 Å². The third-order valence-corrected chi connectivity index (χ3v) is 3.24. The zero-order chi connectivity index (χ0) is 12.1. The normalized spacial score (nSPS) is 19.9. The van der Waals surface area contributed by atoms with Crippen LogP contribution in [0.3, 0.4) is 0 Å². The summed E-state index contributed by atoms with van der Waals surface area (Å²) in [5.74, 6) is 0.941. The van der Waals surface area contributed by atoms with Crippen molar-refractivity contribution in [3.8, 4) is 5.75 Å². The van der Waals surface area contributed by atoms with Crippen molar-refractivity contribution < 1.29 is 9.53 Å². The first kappa shape index (κ1) is 12.1. The van der Waals surface area contributed by atoms with Gasteiger partial charge in [0.1, 0.15) is 5.75 Å². The second-order valence-corrected chi connectivity index (χ2v) is 4.51. The van der Waals surface area contributed by atoms with Gasteiger partial charge in [-0.2, -0.15) is 0 Å². The van der Waals surface area contributed by atoms with E-state index >= 15 is 0 Å². The molecular formula is C14H19NO2. The Morgan fingerprint density at radius 1 is 1.47 bits per heavy atom. The van der Waals surface area contributed by atoms with Crippen molar-refractivity contribution in [2.75, 3.05) is 13.7 Å². The van der Waals surface area contributed by atoms with Crippen molar-refractivity contribution >= 4 is 5.78 Å². The van der Waals surface area contributed by atoms with Crippen LogP contribution in [0.15, 0.2) is 24.3 Å². The molecule has 1 aromatic carbocycles. The molecule has 0 radical (unpaired) electrons. The lowest BCUT2D eigenvalue weighted by atomic mass is 9.97. The summed E-state index contributed by atoms with van der Waals surface area (Å²) in [6.45, 7) is 1.04. The number of carbonyl (C=O) groups excluding carboxylic acids is 1. The number of piperidine rings is 1. The Labute approximate surface area is 102 Å². The smallest absolute Gasteiger partial charge is 0.164 e.